The van der Waals surface area contributed by atoms with Crippen LogP contribution in [0.1, 0.15) is 219 Å². The predicted molar refractivity (Wildman–Crippen MR) is 342 cm³/mol. The van der Waals surface area contributed by atoms with Crippen molar-refractivity contribution in [1.82, 2.24) is 0 Å². The Bertz CT molecular complexity index is 1880. The maximum Gasteiger partial charge on any atom is 0.306 e. The summed E-state index contributed by atoms with van der Waals surface area (Å²) < 4.78 is 22.7. The van der Waals surface area contributed by atoms with Crippen LogP contribution in [0.3, 0.4) is 0 Å². The Balaban J connectivity index is 4.33. The first-order valence-corrected chi connectivity index (χ1v) is 31.6. The van der Waals surface area contributed by atoms with E-state index in [-0.39, 0.29) is 38.6 Å². The number of esters is 2. The lowest BCUT2D eigenvalue weighted by Gasteiger charge is -2.26. The van der Waals surface area contributed by atoms with E-state index in [4.69, 9.17) is 18.9 Å². The van der Waals surface area contributed by atoms with E-state index in [0.717, 1.165) is 109 Å². The fraction of sp³-hybridized carbons (Fsp3) is 0.597. The molecule has 0 aliphatic rings. The maximum absolute atomic E-state index is 12.9. The van der Waals surface area contributed by atoms with Gasteiger partial charge in [0.1, 0.15) is 13.2 Å². The summed E-state index contributed by atoms with van der Waals surface area (Å²) in [5.74, 6) is -2.38. The van der Waals surface area contributed by atoms with Gasteiger partial charge in [0, 0.05) is 12.8 Å². The zero-order chi connectivity index (χ0) is 59.1. The third-order valence-electron chi connectivity index (χ3n) is 12.8. The Hall–Kier alpha value is -5.09. The van der Waals surface area contributed by atoms with E-state index in [9.17, 15) is 19.5 Å². The summed E-state index contributed by atoms with van der Waals surface area (Å²) in [7, 11) is 5.89. The van der Waals surface area contributed by atoms with Crippen molar-refractivity contribution in [2.45, 2.75) is 232 Å². The molecule has 0 aromatic rings. The van der Waals surface area contributed by atoms with Gasteiger partial charge in [-0.05, 0) is 116 Å². The second-order valence-electron chi connectivity index (χ2n) is 21.6. The van der Waals surface area contributed by atoms with E-state index in [1.807, 2.05) is 21.1 Å². The Kier molecular flexibility index (Phi) is 57.2. The highest BCUT2D eigenvalue weighted by Crippen LogP contribution is 2.15. The van der Waals surface area contributed by atoms with Crippen molar-refractivity contribution < 1.29 is 42.9 Å². The number of quaternary nitrogens is 1. The zero-order valence-corrected chi connectivity index (χ0v) is 51.8. The number of rotatable bonds is 56. The molecule has 456 valence electrons. The molecule has 0 heterocycles. The molecule has 2 atom stereocenters. The number of hydrogen-bond donors (Lipinski definition) is 0. The molecule has 81 heavy (non-hydrogen) atoms. The molecule has 0 fully saturated rings. The van der Waals surface area contributed by atoms with Crippen LogP contribution in [0.15, 0.2) is 158 Å². The monoisotopic (exact) mass is 1120 g/mol. The van der Waals surface area contributed by atoms with Crippen LogP contribution in [0.25, 0.3) is 0 Å². The SMILES string of the molecule is CC/C=C\C/C=C\C/C=C\C/C=C\C/C=C\C/C=C\C/C=C\C/C=C\C/C=C\CCCC(=O)OC(COC(=O)CCCCCCCCCCCCCCCC/C=C\C/C=C\C/C=C\C/C=C\CC)COC(OCC[N+](C)(C)C)C(=O)[O-]. The Morgan fingerprint density at radius 3 is 1.02 bits per heavy atom. The summed E-state index contributed by atoms with van der Waals surface area (Å²) in [5, 5.41) is 11.8. The molecule has 0 spiro atoms. The second kappa shape index (κ2) is 61.0. The average molecular weight is 1120 g/mol. The van der Waals surface area contributed by atoms with Crippen molar-refractivity contribution in [3.63, 3.8) is 0 Å². The molecule has 0 rings (SSSR count). The van der Waals surface area contributed by atoms with Crippen molar-refractivity contribution >= 4 is 17.9 Å². The first-order valence-electron chi connectivity index (χ1n) is 31.6. The largest absolute Gasteiger partial charge is 0.545 e. The summed E-state index contributed by atoms with van der Waals surface area (Å²) >= 11 is 0. The molecule has 0 aromatic carbocycles. The first-order chi connectivity index (χ1) is 39.6. The molecule has 0 amide bonds. The second-order valence-corrected chi connectivity index (χ2v) is 21.6. The van der Waals surface area contributed by atoms with Gasteiger partial charge in [0.05, 0.1) is 40.3 Å². The Labute approximate surface area is 495 Å². The number of likely N-dealkylation sites (N-methyl/N-ethyl adjacent to an activating group) is 1. The van der Waals surface area contributed by atoms with Crippen LogP contribution < -0.4 is 5.11 Å². The number of carboxylic acid groups (broad SMARTS) is 1. The number of carboxylic acids is 1. The van der Waals surface area contributed by atoms with Crippen molar-refractivity contribution in [1.29, 1.82) is 0 Å². The fourth-order valence-electron chi connectivity index (χ4n) is 8.00. The molecule has 0 aliphatic carbocycles. The summed E-state index contributed by atoms with van der Waals surface area (Å²) in [5.41, 5.74) is 0. The van der Waals surface area contributed by atoms with Gasteiger partial charge < -0.3 is 33.3 Å². The number of hydrogen-bond acceptors (Lipinski definition) is 8. The highest BCUT2D eigenvalue weighted by Gasteiger charge is 2.22. The van der Waals surface area contributed by atoms with Gasteiger partial charge in [0.2, 0.25) is 0 Å². The van der Waals surface area contributed by atoms with Gasteiger partial charge >= 0.3 is 11.9 Å². The van der Waals surface area contributed by atoms with Gasteiger partial charge in [0.25, 0.3) is 0 Å². The minimum absolute atomic E-state index is 0.128. The summed E-state index contributed by atoms with van der Waals surface area (Å²) in [6, 6.07) is 0. The van der Waals surface area contributed by atoms with Crippen LogP contribution in [-0.2, 0) is 33.3 Å². The zero-order valence-electron chi connectivity index (χ0n) is 51.8. The number of allylic oxidation sites excluding steroid dienone is 26. The predicted octanol–water partition coefficient (Wildman–Crippen LogP) is 18.0. The molecule has 0 radical (unpaired) electrons. The smallest absolute Gasteiger partial charge is 0.306 e. The van der Waals surface area contributed by atoms with Crippen molar-refractivity contribution in [2.75, 3.05) is 47.5 Å². The molecule has 0 saturated heterocycles. The molecule has 9 heteroatoms. The molecule has 9 nitrogen and oxygen atoms in total. The lowest BCUT2D eigenvalue weighted by atomic mass is 10.0. The minimum atomic E-state index is -1.65. The van der Waals surface area contributed by atoms with Crippen LogP contribution in [0.5, 0.6) is 0 Å². The quantitative estimate of drug-likeness (QED) is 0.0195. The van der Waals surface area contributed by atoms with E-state index >= 15 is 0 Å². The Morgan fingerprint density at radius 2 is 0.679 bits per heavy atom. The van der Waals surface area contributed by atoms with Crippen LogP contribution in [0.2, 0.25) is 0 Å². The van der Waals surface area contributed by atoms with Gasteiger partial charge in [-0.1, -0.05) is 249 Å². The number of carbonyl (C=O) groups excluding carboxylic acids is 3. The normalized spacial score (nSPS) is 13.8. The van der Waals surface area contributed by atoms with Gasteiger partial charge in [-0.15, -0.1) is 0 Å². The number of nitrogens with zero attached hydrogens (tertiary/aromatic N) is 1. The van der Waals surface area contributed by atoms with Crippen LogP contribution in [0.4, 0.5) is 0 Å². The van der Waals surface area contributed by atoms with E-state index in [1.165, 1.54) is 70.6 Å². The molecule has 0 aromatic heterocycles. The van der Waals surface area contributed by atoms with E-state index in [0.29, 0.717) is 23.9 Å². The van der Waals surface area contributed by atoms with Gasteiger partial charge in [-0.25, -0.2) is 0 Å². The summed E-state index contributed by atoms with van der Waals surface area (Å²) in [6.07, 6.45) is 87.4. The lowest BCUT2D eigenvalue weighted by Crippen LogP contribution is -2.44. The molecule has 0 aliphatic heterocycles. The van der Waals surface area contributed by atoms with Crippen LogP contribution in [0, 0.1) is 0 Å². The van der Waals surface area contributed by atoms with Crippen molar-refractivity contribution in [3.05, 3.63) is 158 Å². The molecule has 2 unspecified atom stereocenters. The maximum atomic E-state index is 12.9. The van der Waals surface area contributed by atoms with E-state index in [1.54, 1.807) is 0 Å². The standard InChI is InChI=1S/C72H115NO8/c1-6-8-10-12-14-16-18-20-22-24-26-28-30-32-34-35-37-39-41-43-45-47-49-51-53-55-57-59-61-63-70(75)81-68(67-80-72(71(76)77)78-65-64-73(3,4)5)66-79-69(74)62-60-58-56-54-52-50-48-46-44-42-40-38-36-33-31-29-27-25-23-21-19-17-15-13-11-9-7-2/h8-11,14-17,20-23,26-29,32,34,37,39,43,45,49,51,55,57,68,72H,6-7,12-13,18-19,24-25,30-31,33,35-36,38,40-42,44,46-48,50,52-54,56,58-67H2,1-5H3/b10-8-,11-9-,16-14-,17-15-,22-20-,23-21-,28-26-,29-27-,34-32-,39-37-,45-43-,51-49-,57-55-. The van der Waals surface area contributed by atoms with Gasteiger partial charge in [-0.3, -0.25) is 9.59 Å². The van der Waals surface area contributed by atoms with Crippen molar-refractivity contribution in [2.24, 2.45) is 0 Å². The van der Waals surface area contributed by atoms with Crippen molar-refractivity contribution in [3.8, 4) is 0 Å². The van der Waals surface area contributed by atoms with E-state index in [2.05, 4.69) is 172 Å². The average Bonchev–Trinajstić information content (AvgIpc) is 3.44. The topological polar surface area (TPSA) is 111 Å². The number of ether oxygens (including phenoxy) is 4. The summed E-state index contributed by atoms with van der Waals surface area (Å²) in [6.45, 7) is 4.44. The first kappa shape index (κ1) is 75.9. The Morgan fingerprint density at radius 1 is 0.370 bits per heavy atom. The van der Waals surface area contributed by atoms with Crippen LogP contribution in [-0.4, -0.2) is 82.3 Å². The highest BCUT2D eigenvalue weighted by atomic mass is 16.7. The highest BCUT2D eigenvalue weighted by molar-refractivity contribution is 5.70. The molecule has 0 N–H and O–H groups in total. The number of carbonyl (C=O) groups is 3. The summed E-state index contributed by atoms with van der Waals surface area (Å²) in [4.78, 5) is 37.4. The van der Waals surface area contributed by atoms with Crippen LogP contribution >= 0.6 is 0 Å². The van der Waals surface area contributed by atoms with E-state index < -0.39 is 24.3 Å². The fourth-order valence-corrected chi connectivity index (χ4v) is 8.00. The number of unbranched alkanes of at least 4 members (excludes halogenated alkanes) is 15. The third-order valence-corrected chi connectivity index (χ3v) is 12.8. The van der Waals surface area contributed by atoms with Gasteiger partial charge in [-0.2, -0.15) is 0 Å². The molecule has 0 saturated carbocycles. The minimum Gasteiger partial charge on any atom is -0.545 e. The lowest BCUT2D eigenvalue weighted by molar-refractivity contribution is -0.870. The molecular weight excluding hydrogens is 1010 g/mol. The third kappa shape index (κ3) is 62.4. The van der Waals surface area contributed by atoms with Gasteiger partial charge in [0.15, 0.2) is 12.4 Å². The molecular formula is C72H115NO8. The molecule has 0 bridgehead atoms. The number of aliphatic carboxylic acids is 1.